The number of carbonyl (C=O) groups excluding carboxylic acids is 1. The molecule has 20 heavy (non-hydrogen) atoms. The summed E-state index contributed by atoms with van der Waals surface area (Å²) in [6, 6.07) is 7.78. The van der Waals surface area contributed by atoms with E-state index in [4.69, 9.17) is 5.73 Å². The van der Waals surface area contributed by atoms with Crippen LogP contribution in [0.3, 0.4) is 0 Å². The molecule has 1 aromatic heterocycles. The van der Waals surface area contributed by atoms with E-state index in [0.717, 1.165) is 28.7 Å². The lowest BCUT2D eigenvalue weighted by Crippen LogP contribution is -2.54. The molecule has 0 spiro atoms. The van der Waals surface area contributed by atoms with E-state index >= 15 is 0 Å². The van der Waals surface area contributed by atoms with Crippen molar-refractivity contribution in [1.29, 1.82) is 0 Å². The summed E-state index contributed by atoms with van der Waals surface area (Å²) in [5, 5.41) is 3.94. The molecule has 3 rings (SSSR count). The number of carbonyl (C=O) groups is 1. The van der Waals surface area contributed by atoms with E-state index in [-0.39, 0.29) is 11.9 Å². The van der Waals surface area contributed by atoms with Gasteiger partial charge in [-0.25, -0.2) is 0 Å². The molecule has 2 aromatic rings. The van der Waals surface area contributed by atoms with Crippen molar-refractivity contribution in [1.82, 2.24) is 10.3 Å². The van der Waals surface area contributed by atoms with E-state index in [0.29, 0.717) is 13.1 Å². The molecule has 0 aliphatic carbocycles. The van der Waals surface area contributed by atoms with Crippen molar-refractivity contribution in [3.8, 4) is 0 Å². The molecule has 3 N–H and O–H groups in total. The molecule has 0 saturated carbocycles. The minimum atomic E-state index is -0.195. The summed E-state index contributed by atoms with van der Waals surface area (Å²) in [7, 11) is 0. The predicted molar refractivity (Wildman–Crippen MR) is 79.5 cm³/mol. The van der Waals surface area contributed by atoms with Crippen molar-refractivity contribution >= 4 is 22.5 Å². The van der Waals surface area contributed by atoms with Gasteiger partial charge in [0.25, 0.3) is 0 Å². The number of benzene rings is 1. The summed E-state index contributed by atoms with van der Waals surface area (Å²) in [6.07, 6.45) is 1.82. The smallest absolute Gasteiger partial charge is 0.242 e. The average Bonchev–Trinajstić information content (AvgIpc) is 2.49. The van der Waals surface area contributed by atoms with Crippen LogP contribution < -0.4 is 16.0 Å². The number of hydrogen-bond donors (Lipinski definition) is 2. The van der Waals surface area contributed by atoms with Crippen molar-refractivity contribution in [2.45, 2.75) is 19.5 Å². The topological polar surface area (TPSA) is 71.2 Å². The van der Waals surface area contributed by atoms with Crippen molar-refractivity contribution in [2.75, 3.05) is 18.0 Å². The van der Waals surface area contributed by atoms with Gasteiger partial charge in [-0.3, -0.25) is 9.78 Å². The van der Waals surface area contributed by atoms with E-state index in [1.54, 1.807) is 0 Å². The van der Waals surface area contributed by atoms with Gasteiger partial charge in [-0.1, -0.05) is 18.2 Å². The molecule has 1 saturated heterocycles. The van der Waals surface area contributed by atoms with Gasteiger partial charge in [-0.05, 0) is 13.0 Å². The molecule has 1 unspecified atom stereocenters. The fourth-order valence-corrected chi connectivity index (χ4v) is 2.74. The Morgan fingerprint density at radius 1 is 1.45 bits per heavy atom. The normalized spacial score (nSPS) is 19.2. The molecule has 1 aliphatic rings. The van der Waals surface area contributed by atoms with Crippen LogP contribution in [0.15, 0.2) is 30.5 Å². The molecular weight excluding hydrogens is 252 g/mol. The first kappa shape index (κ1) is 12.9. The van der Waals surface area contributed by atoms with Crippen LogP contribution >= 0.6 is 0 Å². The quantitative estimate of drug-likeness (QED) is 0.854. The largest absolute Gasteiger partial charge is 0.357 e. The van der Waals surface area contributed by atoms with Crippen LogP contribution in [0, 0.1) is 0 Å². The highest BCUT2D eigenvalue weighted by Crippen LogP contribution is 2.31. The maximum atomic E-state index is 11.9. The average molecular weight is 270 g/mol. The monoisotopic (exact) mass is 270 g/mol. The zero-order valence-corrected chi connectivity index (χ0v) is 11.5. The van der Waals surface area contributed by atoms with E-state index in [2.05, 4.69) is 15.2 Å². The zero-order chi connectivity index (χ0) is 14.1. The molecule has 0 radical (unpaired) electrons. The third-order valence-corrected chi connectivity index (χ3v) is 3.83. The van der Waals surface area contributed by atoms with Gasteiger partial charge >= 0.3 is 0 Å². The van der Waals surface area contributed by atoms with Gasteiger partial charge in [0.2, 0.25) is 5.91 Å². The zero-order valence-electron chi connectivity index (χ0n) is 11.5. The van der Waals surface area contributed by atoms with Crippen LogP contribution in [0.4, 0.5) is 5.69 Å². The Labute approximate surface area is 117 Å². The first-order chi connectivity index (χ1) is 9.72. The van der Waals surface area contributed by atoms with Crippen LogP contribution in [0.25, 0.3) is 10.9 Å². The van der Waals surface area contributed by atoms with Crippen molar-refractivity contribution in [2.24, 2.45) is 5.73 Å². The summed E-state index contributed by atoms with van der Waals surface area (Å²) < 4.78 is 0. The first-order valence-corrected chi connectivity index (χ1v) is 6.83. The lowest BCUT2D eigenvalue weighted by atomic mass is 10.0. The van der Waals surface area contributed by atoms with Gasteiger partial charge in [0.05, 0.1) is 11.2 Å². The highest BCUT2D eigenvalue weighted by molar-refractivity contribution is 5.96. The second-order valence-electron chi connectivity index (χ2n) is 5.01. The van der Waals surface area contributed by atoms with Crippen LogP contribution in [0.1, 0.15) is 12.5 Å². The number of aromatic nitrogens is 1. The molecule has 104 valence electrons. The lowest BCUT2D eigenvalue weighted by Gasteiger charge is -2.36. The number of nitrogens with two attached hydrogens (primary N) is 1. The van der Waals surface area contributed by atoms with E-state index in [1.165, 1.54) is 0 Å². The molecule has 1 amide bonds. The number of pyridine rings is 1. The summed E-state index contributed by atoms with van der Waals surface area (Å²) in [6.45, 7) is 3.78. The SMILES string of the molecule is CC1C(=O)NCCN1c1c(CN)cnc2ccccc12. The Hall–Kier alpha value is -2.14. The number of rotatable bonds is 2. The number of amides is 1. The molecule has 1 fully saturated rings. The fraction of sp³-hybridized carbons (Fsp3) is 0.333. The number of nitrogens with one attached hydrogen (secondary N) is 1. The molecule has 2 heterocycles. The van der Waals surface area contributed by atoms with Crippen molar-refractivity contribution in [3.05, 3.63) is 36.0 Å². The van der Waals surface area contributed by atoms with Gasteiger partial charge in [0.15, 0.2) is 0 Å². The molecule has 0 bridgehead atoms. The number of piperazine rings is 1. The van der Waals surface area contributed by atoms with Crippen LogP contribution in [0.5, 0.6) is 0 Å². The first-order valence-electron chi connectivity index (χ1n) is 6.83. The number of anilines is 1. The Morgan fingerprint density at radius 2 is 2.25 bits per heavy atom. The number of para-hydroxylation sites is 1. The molecule has 1 atom stereocenters. The summed E-state index contributed by atoms with van der Waals surface area (Å²) in [5.41, 5.74) is 8.81. The van der Waals surface area contributed by atoms with Gasteiger partial charge in [0.1, 0.15) is 6.04 Å². The second kappa shape index (κ2) is 5.09. The summed E-state index contributed by atoms with van der Waals surface area (Å²) in [5.74, 6) is 0.0557. The maximum absolute atomic E-state index is 11.9. The molecule has 5 nitrogen and oxygen atoms in total. The van der Waals surface area contributed by atoms with Crippen LogP contribution in [0.2, 0.25) is 0 Å². The highest BCUT2D eigenvalue weighted by atomic mass is 16.2. The number of hydrogen-bond acceptors (Lipinski definition) is 4. The second-order valence-corrected chi connectivity index (χ2v) is 5.01. The van der Waals surface area contributed by atoms with Gasteiger partial charge in [0, 0.05) is 36.8 Å². The van der Waals surface area contributed by atoms with Crippen molar-refractivity contribution in [3.63, 3.8) is 0 Å². The predicted octanol–water partition coefficient (Wildman–Crippen LogP) is 1.02. The molecular formula is C15H18N4O. The third-order valence-electron chi connectivity index (χ3n) is 3.83. The van der Waals surface area contributed by atoms with Crippen LogP contribution in [-0.4, -0.2) is 30.0 Å². The Bertz CT molecular complexity index is 655. The van der Waals surface area contributed by atoms with Crippen LogP contribution in [-0.2, 0) is 11.3 Å². The minimum Gasteiger partial charge on any atom is -0.357 e. The van der Waals surface area contributed by atoms with Gasteiger partial charge in [-0.15, -0.1) is 0 Å². The van der Waals surface area contributed by atoms with Gasteiger partial charge in [-0.2, -0.15) is 0 Å². The fourth-order valence-electron chi connectivity index (χ4n) is 2.74. The molecule has 1 aliphatic heterocycles. The Morgan fingerprint density at radius 3 is 3.05 bits per heavy atom. The van der Waals surface area contributed by atoms with E-state index in [9.17, 15) is 4.79 Å². The minimum absolute atomic E-state index is 0.0557. The molecule has 5 heteroatoms. The Kier molecular flexibility index (Phi) is 3.28. The molecule has 1 aromatic carbocycles. The van der Waals surface area contributed by atoms with E-state index < -0.39 is 0 Å². The number of nitrogens with zero attached hydrogens (tertiary/aromatic N) is 2. The lowest BCUT2D eigenvalue weighted by molar-refractivity contribution is -0.122. The van der Waals surface area contributed by atoms with Gasteiger partial charge < -0.3 is 16.0 Å². The maximum Gasteiger partial charge on any atom is 0.242 e. The highest BCUT2D eigenvalue weighted by Gasteiger charge is 2.28. The summed E-state index contributed by atoms with van der Waals surface area (Å²) >= 11 is 0. The Balaban J connectivity index is 2.20. The van der Waals surface area contributed by atoms with Crippen molar-refractivity contribution < 1.29 is 4.79 Å². The third kappa shape index (κ3) is 2.00. The van der Waals surface area contributed by atoms with E-state index in [1.807, 2.05) is 37.4 Å². The number of fused-ring (bicyclic) bond motifs is 1. The summed E-state index contributed by atoms with van der Waals surface area (Å²) in [4.78, 5) is 18.5. The standard InChI is InChI=1S/C15H18N4O/c1-10-15(20)17-6-7-19(10)14-11(8-16)9-18-13-5-3-2-4-12(13)14/h2-5,9-10H,6-8,16H2,1H3,(H,17,20).